The smallest absolute Gasteiger partial charge is 0.352 e. The predicted molar refractivity (Wildman–Crippen MR) is 116 cm³/mol. The molecule has 0 radical (unpaired) electrons. The highest BCUT2D eigenvalue weighted by Crippen LogP contribution is 2.35. The van der Waals surface area contributed by atoms with E-state index in [2.05, 4.69) is 10.3 Å². The van der Waals surface area contributed by atoms with Gasteiger partial charge in [0.05, 0.1) is 6.04 Å². The van der Waals surface area contributed by atoms with Crippen LogP contribution in [-0.2, 0) is 4.79 Å². The molecule has 2 unspecified atom stereocenters. The topological polar surface area (TPSA) is 105 Å². The van der Waals surface area contributed by atoms with Gasteiger partial charge in [0, 0.05) is 17.3 Å². The van der Waals surface area contributed by atoms with Crippen LogP contribution >= 0.6 is 11.6 Å². The van der Waals surface area contributed by atoms with Gasteiger partial charge < -0.3 is 11.1 Å². The highest BCUT2D eigenvalue weighted by molar-refractivity contribution is 6.30. The quantitative estimate of drug-likeness (QED) is 0.762. The van der Waals surface area contributed by atoms with Crippen LogP contribution in [0.15, 0.2) is 65.7 Å². The molecule has 2 aromatic rings. The van der Waals surface area contributed by atoms with Gasteiger partial charge in [0.1, 0.15) is 5.92 Å². The van der Waals surface area contributed by atoms with Crippen molar-refractivity contribution >= 4 is 41.4 Å². The van der Waals surface area contributed by atoms with Crippen molar-refractivity contribution in [3.05, 3.63) is 76.8 Å². The molecule has 0 aromatic heterocycles. The summed E-state index contributed by atoms with van der Waals surface area (Å²) in [6.07, 6.45) is 3.70. The van der Waals surface area contributed by atoms with Gasteiger partial charge in [-0.1, -0.05) is 66.2 Å². The highest BCUT2D eigenvalue weighted by atomic mass is 35.5. The Bertz CT molecular complexity index is 1020. The molecule has 7 nitrogen and oxygen atoms in total. The fraction of sp³-hybridized carbons (Fsp3) is 0.182. The molecule has 3 rings (SSSR count). The molecule has 0 saturated heterocycles. The summed E-state index contributed by atoms with van der Waals surface area (Å²) < 4.78 is 0. The monoisotopic (exact) mass is 424 g/mol. The lowest BCUT2D eigenvalue weighted by Gasteiger charge is -2.36. The third kappa shape index (κ3) is 4.75. The molecule has 154 valence electrons. The fourth-order valence-corrected chi connectivity index (χ4v) is 3.59. The van der Waals surface area contributed by atoms with Crippen LogP contribution in [0, 0.1) is 5.92 Å². The average Bonchev–Trinajstić information content (AvgIpc) is 2.71. The molecule has 1 aliphatic heterocycles. The minimum absolute atomic E-state index is 0.268. The Morgan fingerprint density at radius 3 is 2.60 bits per heavy atom. The molecule has 0 fully saturated rings. The Hall–Kier alpha value is -3.45. The number of urea groups is 2. The third-order valence-electron chi connectivity index (χ3n) is 4.74. The van der Waals surface area contributed by atoms with Gasteiger partial charge in [-0.15, -0.1) is 0 Å². The minimum Gasteiger partial charge on any atom is -0.352 e. The minimum atomic E-state index is -0.983. The maximum atomic E-state index is 13.0. The second-order valence-corrected chi connectivity index (χ2v) is 7.22. The average molecular weight is 425 g/mol. The predicted octanol–water partition coefficient (Wildman–Crippen LogP) is 3.80. The molecule has 8 heteroatoms. The van der Waals surface area contributed by atoms with Gasteiger partial charge in [0.25, 0.3) is 0 Å². The second kappa shape index (κ2) is 9.37. The van der Waals surface area contributed by atoms with Crippen molar-refractivity contribution in [1.82, 2.24) is 10.2 Å². The van der Waals surface area contributed by atoms with Gasteiger partial charge in [0.15, 0.2) is 0 Å². The van der Waals surface area contributed by atoms with Gasteiger partial charge in [-0.2, -0.15) is 0 Å². The number of rotatable bonds is 5. The van der Waals surface area contributed by atoms with Gasteiger partial charge in [0.2, 0.25) is 5.91 Å². The maximum Gasteiger partial charge on any atom is 0.352 e. The molecular formula is C22H21ClN4O3. The largest absolute Gasteiger partial charge is 0.352 e. The summed E-state index contributed by atoms with van der Waals surface area (Å²) in [5.74, 6) is -1.27. The van der Waals surface area contributed by atoms with Crippen LogP contribution in [0.1, 0.15) is 24.1 Å². The van der Waals surface area contributed by atoms with E-state index in [0.717, 1.165) is 10.5 Å². The molecule has 5 amide bonds. The van der Waals surface area contributed by atoms with Crippen LogP contribution < -0.4 is 11.1 Å². The van der Waals surface area contributed by atoms with Crippen molar-refractivity contribution in [2.45, 2.75) is 13.0 Å². The van der Waals surface area contributed by atoms with E-state index in [9.17, 15) is 14.4 Å². The van der Waals surface area contributed by atoms with Crippen LogP contribution in [0.4, 0.5) is 9.59 Å². The number of nitrogens with zero attached hydrogens (tertiary/aromatic N) is 2. The number of nitrogens with one attached hydrogen (secondary N) is 1. The first kappa shape index (κ1) is 21.3. The number of amides is 5. The molecule has 1 heterocycles. The lowest BCUT2D eigenvalue weighted by atomic mass is 9.86. The lowest BCUT2D eigenvalue weighted by Crippen LogP contribution is -2.53. The van der Waals surface area contributed by atoms with Crippen LogP contribution in [0.5, 0.6) is 0 Å². The molecule has 30 heavy (non-hydrogen) atoms. The number of carbonyl (C=O) groups is 3. The normalized spacial score (nSPS) is 18.9. The SMILES string of the molecule is CC1=NC(=O)N(C(N)=O)C(c2cccc(Cl)c2)C1C(=O)NCC=Cc1ccccc1. The Balaban J connectivity index is 1.86. The summed E-state index contributed by atoms with van der Waals surface area (Å²) >= 11 is 6.09. The van der Waals surface area contributed by atoms with Gasteiger partial charge in [-0.3, -0.25) is 4.79 Å². The maximum absolute atomic E-state index is 13.0. The van der Waals surface area contributed by atoms with Crippen molar-refractivity contribution in [2.24, 2.45) is 16.6 Å². The van der Waals surface area contributed by atoms with E-state index in [0.29, 0.717) is 16.3 Å². The number of carbonyl (C=O) groups excluding carboxylic acids is 3. The van der Waals surface area contributed by atoms with E-state index in [-0.39, 0.29) is 12.5 Å². The number of benzene rings is 2. The van der Waals surface area contributed by atoms with Crippen molar-refractivity contribution in [3.63, 3.8) is 0 Å². The van der Waals surface area contributed by atoms with E-state index in [1.165, 1.54) is 0 Å². The van der Waals surface area contributed by atoms with Crippen molar-refractivity contribution in [3.8, 4) is 0 Å². The number of imide groups is 1. The molecule has 0 aliphatic carbocycles. The standard InChI is InChI=1S/C22H21ClN4O3/c1-14-18(20(28)25-12-6-9-15-7-3-2-4-8-15)19(16-10-5-11-17(23)13-16)27(21(24)29)22(30)26-14/h2-11,13,18-19H,12H2,1H3,(H2,24,29)(H,25,28). The summed E-state index contributed by atoms with van der Waals surface area (Å²) in [5, 5.41) is 3.22. The number of primary amides is 1. The Labute approximate surface area is 179 Å². The number of nitrogens with two attached hydrogens (primary N) is 1. The third-order valence-corrected chi connectivity index (χ3v) is 4.97. The van der Waals surface area contributed by atoms with Crippen LogP contribution in [0.25, 0.3) is 6.08 Å². The van der Waals surface area contributed by atoms with E-state index in [1.807, 2.05) is 42.5 Å². The summed E-state index contributed by atoms with van der Waals surface area (Å²) in [5.41, 5.74) is 7.26. The summed E-state index contributed by atoms with van der Waals surface area (Å²) in [6, 6.07) is 13.6. The number of halogens is 1. The van der Waals surface area contributed by atoms with E-state index >= 15 is 0 Å². The van der Waals surface area contributed by atoms with Gasteiger partial charge >= 0.3 is 12.1 Å². The second-order valence-electron chi connectivity index (χ2n) is 6.78. The summed E-state index contributed by atoms with van der Waals surface area (Å²) in [7, 11) is 0. The molecule has 1 aliphatic rings. The van der Waals surface area contributed by atoms with E-state index < -0.39 is 24.0 Å². The fourth-order valence-electron chi connectivity index (χ4n) is 3.40. The molecule has 0 spiro atoms. The van der Waals surface area contributed by atoms with Crippen LogP contribution in [0.2, 0.25) is 5.02 Å². The van der Waals surface area contributed by atoms with E-state index in [1.54, 1.807) is 31.2 Å². The molecule has 2 atom stereocenters. The Morgan fingerprint density at radius 2 is 1.93 bits per heavy atom. The van der Waals surface area contributed by atoms with Crippen LogP contribution in [-0.4, -0.2) is 35.1 Å². The zero-order valence-corrected chi connectivity index (χ0v) is 17.0. The molecule has 2 aromatic carbocycles. The lowest BCUT2D eigenvalue weighted by molar-refractivity contribution is -0.124. The Kier molecular flexibility index (Phi) is 6.64. The van der Waals surface area contributed by atoms with Crippen molar-refractivity contribution < 1.29 is 14.4 Å². The summed E-state index contributed by atoms with van der Waals surface area (Å²) in [4.78, 5) is 42.0. The Morgan fingerprint density at radius 1 is 1.20 bits per heavy atom. The number of hydrogen-bond acceptors (Lipinski definition) is 3. The summed E-state index contributed by atoms with van der Waals surface area (Å²) in [6.45, 7) is 1.85. The molecule has 3 N–H and O–H groups in total. The highest BCUT2D eigenvalue weighted by Gasteiger charge is 2.44. The van der Waals surface area contributed by atoms with E-state index in [4.69, 9.17) is 17.3 Å². The zero-order valence-electron chi connectivity index (χ0n) is 16.3. The first-order valence-corrected chi connectivity index (χ1v) is 9.69. The van der Waals surface area contributed by atoms with Gasteiger partial charge in [-0.05, 0) is 30.2 Å². The number of aliphatic imine (C=N–C) groups is 1. The van der Waals surface area contributed by atoms with Gasteiger partial charge in [-0.25, -0.2) is 19.5 Å². The van der Waals surface area contributed by atoms with Crippen LogP contribution in [0.3, 0.4) is 0 Å². The zero-order chi connectivity index (χ0) is 21.7. The first-order valence-electron chi connectivity index (χ1n) is 9.31. The van der Waals surface area contributed by atoms with Crippen molar-refractivity contribution in [2.75, 3.05) is 6.54 Å². The molecule has 0 saturated carbocycles. The first-order chi connectivity index (χ1) is 14.4. The molecular weight excluding hydrogens is 404 g/mol. The number of hydrogen-bond donors (Lipinski definition) is 2. The van der Waals surface area contributed by atoms with Crippen molar-refractivity contribution in [1.29, 1.82) is 0 Å². The molecule has 0 bridgehead atoms.